The van der Waals surface area contributed by atoms with Crippen molar-refractivity contribution in [1.82, 2.24) is 15.4 Å². The maximum Gasteiger partial charge on any atom is 0.276 e. The van der Waals surface area contributed by atoms with Crippen molar-refractivity contribution < 1.29 is 9.32 Å². The molecule has 2 saturated heterocycles. The van der Waals surface area contributed by atoms with Gasteiger partial charge in [-0.2, -0.15) is 0 Å². The fourth-order valence-electron chi connectivity index (χ4n) is 3.86. The van der Waals surface area contributed by atoms with Crippen LogP contribution in [0.1, 0.15) is 60.7 Å². The van der Waals surface area contributed by atoms with Crippen LogP contribution < -0.4 is 5.32 Å². The molecule has 6 heteroatoms. The van der Waals surface area contributed by atoms with Crippen molar-refractivity contribution in [2.45, 2.75) is 44.4 Å². The highest BCUT2D eigenvalue weighted by molar-refractivity contribution is 5.92. The second-order valence-electron chi connectivity index (χ2n) is 6.97. The summed E-state index contributed by atoms with van der Waals surface area (Å²) < 4.78 is 5.33. The van der Waals surface area contributed by atoms with E-state index in [1.165, 1.54) is 32.1 Å². The third-order valence-electron chi connectivity index (χ3n) is 5.34. The summed E-state index contributed by atoms with van der Waals surface area (Å²) in [5, 5.41) is 7.43. The van der Waals surface area contributed by atoms with Gasteiger partial charge >= 0.3 is 0 Å². The van der Waals surface area contributed by atoms with Crippen molar-refractivity contribution in [3.8, 4) is 0 Å². The lowest BCUT2D eigenvalue weighted by Gasteiger charge is -2.45. The van der Waals surface area contributed by atoms with Crippen molar-refractivity contribution in [3.63, 3.8) is 0 Å². The first kappa shape index (κ1) is 15.8. The predicted octanol–water partition coefficient (Wildman–Crippen LogP) is 2.58. The number of aromatic nitrogens is 1. The van der Waals surface area contributed by atoms with Crippen molar-refractivity contribution in [1.29, 1.82) is 0 Å². The molecule has 1 amide bonds. The van der Waals surface area contributed by atoms with Crippen LogP contribution >= 0.6 is 12.4 Å². The van der Waals surface area contributed by atoms with E-state index in [9.17, 15) is 4.79 Å². The number of carbonyl (C=O) groups is 1. The minimum absolute atomic E-state index is 0. The number of likely N-dealkylation sites (tertiary alicyclic amines) is 1. The number of piperidine rings is 2. The van der Waals surface area contributed by atoms with Crippen LogP contribution in [-0.2, 0) is 0 Å². The maximum atomic E-state index is 12.7. The minimum Gasteiger partial charge on any atom is -0.360 e. The quantitative estimate of drug-likeness (QED) is 0.908. The molecule has 5 nitrogen and oxygen atoms in total. The zero-order valence-electron chi connectivity index (χ0n) is 12.8. The molecule has 122 valence electrons. The monoisotopic (exact) mass is 325 g/mol. The number of carbonyl (C=O) groups excluding carboxylic acids is 1. The van der Waals surface area contributed by atoms with Crippen LogP contribution in [0.2, 0.25) is 0 Å². The first-order chi connectivity index (χ1) is 10.3. The van der Waals surface area contributed by atoms with Gasteiger partial charge in [-0.15, -0.1) is 12.4 Å². The highest BCUT2D eigenvalue weighted by Gasteiger charge is 2.39. The Hall–Kier alpha value is -1.07. The zero-order chi connectivity index (χ0) is 14.3. The van der Waals surface area contributed by atoms with Crippen LogP contribution in [0.3, 0.4) is 0 Å². The lowest BCUT2D eigenvalue weighted by molar-refractivity contribution is 0.0403. The van der Waals surface area contributed by atoms with Gasteiger partial charge in [0.2, 0.25) is 0 Å². The van der Waals surface area contributed by atoms with E-state index in [0.717, 1.165) is 38.4 Å². The number of nitrogens with zero attached hydrogens (tertiary/aromatic N) is 2. The Morgan fingerprint density at radius 3 is 2.82 bits per heavy atom. The molecule has 22 heavy (non-hydrogen) atoms. The van der Waals surface area contributed by atoms with Gasteiger partial charge in [0.15, 0.2) is 5.69 Å². The molecular weight excluding hydrogens is 302 g/mol. The molecule has 1 aromatic heterocycles. The molecule has 3 fully saturated rings. The summed E-state index contributed by atoms with van der Waals surface area (Å²) in [6.45, 7) is 3.91. The van der Waals surface area contributed by atoms with Gasteiger partial charge < -0.3 is 14.7 Å². The largest absolute Gasteiger partial charge is 0.360 e. The van der Waals surface area contributed by atoms with E-state index < -0.39 is 0 Å². The predicted molar refractivity (Wildman–Crippen MR) is 85.4 cm³/mol. The van der Waals surface area contributed by atoms with Gasteiger partial charge in [-0.05, 0) is 57.0 Å². The van der Waals surface area contributed by atoms with E-state index in [1.807, 2.05) is 11.0 Å². The molecule has 1 spiro atoms. The average Bonchev–Trinajstić information content (AvgIpc) is 3.25. The van der Waals surface area contributed by atoms with Gasteiger partial charge in [-0.25, -0.2) is 0 Å². The molecule has 0 atom stereocenters. The molecule has 4 rings (SSSR count). The van der Waals surface area contributed by atoms with Gasteiger partial charge in [0.05, 0.1) is 0 Å². The number of amides is 1. The van der Waals surface area contributed by atoms with Crippen LogP contribution in [0.15, 0.2) is 10.6 Å². The Morgan fingerprint density at radius 2 is 2.09 bits per heavy atom. The minimum atomic E-state index is 0. The molecule has 3 heterocycles. The fourth-order valence-corrected chi connectivity index (χ4v) is 3.86. The van der Waals surface area contributed by atoms with Gasteiger partial charge in [-0.3, -0.25) is 4.79 Å². The first-order valence-corrected chi connectivity index (χ1v) is 8.22. The summed E-state index contributed by atoms with van der Waals surface area (Å²) in [6, 6.07) is 1.86. The summed E-state index contributed by atoms with van der Waals surface area (Å²) in [5.41, 5.74) is 0.838. The van der Waals surface area contributed by atoms with Gasteiger partial charge in [0.1, 0.15) is 5.76 Å². The third-order valence-corrected chi connectivity index (χ3v) is 5.34. The topological polar surface area (TPSA) is 58.4 Å². The standard InChI is InChI=1S/C16H23N3O2.ClH/c20-15(13-10-14(21-18-13)12-2-3-12)19-9-1-4-16(11-19)5-7-17-8-6-16;/h10,12,17H,1-9,11H2;1H. The molecule has 0 bridgehead atoms. The van der Waals surface area contributed by atoms with E-state index in [-0.39, 0.29) is 18.3 Å². The summed E-state index contributed by atoms with van der Waals surface area (Å²) in [5.74, 6) is 1.46. The van der Waals surface area contributed by atoms with Crippen LogP contribution in [0.5, 0.6) is 0 Å². The summed E-state index contributed by atoms with van der Waals surface area (Å²) in [6.07, 6.45) is 7.07. The number of hydrogen-bond donors (Lipinski definition) is 1. The fraction of sp³-hybridized carbons (Fsp3) is 0.750. The first-order valence-electron chi connectivity index (χ1n) is 8.22. The lowest BCUT2D eigenvalue weighted by atomic mass is 9.73. The molecule has 1 saturated carbocycles. The summed E-state index contributed by atoms with van der Waals surface area (Å²) >= 11 is 0. The van der Waals surface area contributed by atoms with Crippen molar-refractivity contribution in [3.05, 3.63) is 17.5 Å². The number of halogens is 1. The second-order valence-corrected chi connectivity index (χ2v) is 6.97. The zero-order valence-corrected chi connectivity index (χ0v) is 13.7. The molecule has 0 aromatic carbocycles. The maximum absolute atomic E-state index is 12.7. The number of rotatable bonds is 2. The van der Waals surface area contributed by atoms with Gasteiger partial charge in [0.25, 0.3) is 5.91 Å². The average molecular weight is 326 g/mol. The van der Waals surface area contributed by atoms with Crippen LogP contribution in [0.25, 0.3) is 0 Å². The van der Waals surface area contributed by atoms with E-state index in [4.69, 9.17) is 4.52 Å². The normalized spacial score (nSPS) is 24.1. The van der Waals surface area contributed by atoms with Crippen molar-refractivity contribution in [2.75, 3.05) is 26.2 Å². The Balaban J connectivity index is 0.00000144. The highest BCUT2D eigenvalue weighted by Crippen LogP contribution is 2.41. The lowest BCUT2D eigenvalue weighted by Crippen LogP contribution is -2.50. The highest BCUT2D eigenvalue weighted by atomic mass is 35.5. The molecule has 3 aliphatic rings. The molecular formula is C16H24ClN3O2. The molecule has 0 unspecified atom stereocenters. The van der Waals surface area contributed by atoms with Crippen molar-refractivity contribution in [2.24, 2.45) is 5.41 Å². The number of nitrogens with one attached hydrogen (secondary N) is 1. The van der Waals surface area contributed by atoms with Gasteiger partial charge in [-0.1, -0.05) is 5.16 Å². The number of hydrogen-bond acceptors (Lipinski definition) is 4. The van der Waals surface area contributed by atoms with Crippen LogP contribution in [0, 0.1) is 5.41 Å². The van der Waals surface area contributed by atoms with E-state index >= 15 is 0 Å². The Morgan fingerprint density at radius 1 is 1.32 bits per heavy atom. The Kier molecular flexibility index (Phi) is 4.46. The molecule has 1 aliphatic carbocycles. The molecule has 1 aromatic rings. The smallest absolute Gasteiger partial charge is 0.276 e. The van der Waals surface area contributed by atoms with Crippen molar-refractivity contribution >= 4 is 18.3 Å². The van der Waals surface area contributed by atoms with Crippen LogP contribution in [0.4, 0.5) is 0 Å². The molecule has 1 N–H and O–H groups in total. The van der Waals surface area contributed by atoms with Crippen LogP contribution in [-0.4, -0.2) is 42.1 Å². The summed E-state index contributed by atoms with van der Waals surface area (Å²) in [4.78, 5) is 14.7. The third kappa shape index (κ3) is 3.01. The Bertz CT molecular complexity index is 530. The Labute approximate surface area is 137 Å². The molecule has 0 radical (unpaired) electrons. The second kappa shape index (κ2) is 6.20. The van der Waals surface area contributed by atoms with E-state index in [2.05, 4.69) is 10.5 Å². The van der Waals surface area contributed by atoms with Gasteiger partial charge in [0, 0.05) is 25.1 Å². The SMILES string of the molecule is Cl.O=C(c1cc(C2CC2)on1)N1CCCC2(CCNCC2)C1. The van der Waals surface area contributed by atoms with E-state index in [1.54, 1.807) is 0 Å². The molecule has 2 aliphatic heterocycles. The van der Waals surface area contributed by atoms with E-state index in [0.29, 0.717) is 17.0 Å². The summed E-state index contributed by atoms with van der Waals surface area (Å²) in [7, 11) is 0.